The zero-order valence-electron chi connectivity index (χ0n) is 22.6. The van der Waals surface area contributed by atoms with Gasteiger partial charge in [0, 0.05) is 37.8 Å². The van der Waals surface area contributed by atoms with Crippen molar-refractivity contribution in [2.75, 3.05) is 19.6 Å². The molecule has 0 aromatic heterocycles. The Bertz CT molecular complexity index is 1140. The number of nitrogens with zero attached hydrogens (tertiary/aromatic N) is 3. The SMILES string of the molecule is [C-]#[N+]CC1=CC(=O)CC(C)(C)C1.[C-]#[N+]CC1=CC(=O)OC(C)(C)O1.[C-]#[N+]CC1=CC2=CC(=O)CCC2CC1. The van der Waals surface area contributed by atoms with Crippen molar-refractivity contribution >= 4 is 17.5 Å². The van der Waals surface area contributed by atoms with Crippen LogP contribution in [0.25, 0.3) is 14.5 Å². The molecular formula is C30H35N3O5. The van der Waals surface area contributed by atoms with Crippen molar-refractivity contribution in [2.45, 2.75) is 72.0 Å². The van der Waals surface area contributed by atoms with Crippen LogP contribution >= 0.6 is 0 Å². The number of ketones is 2. The predicted molar refractivity (Wildman–Crippen MR) is 143 cm³/mol. The first-order valence-corrected chi connectivity index (χ1v) is 12.6. The van der Waals surface area contributed by atoms with Gasteiger partial charge in [0.05, 0.1) is 6.08 Å². The van der Waals surface area contributed by atoms with Gasteiger partial charge in [0.15, 0.2) is 17.3 Å². The number of allylic oxidation sites excluding steroid dienone is 4. The molecule has 0 spiro atoms. The van der Waals surface area contributed by atoms with Gasteiger partial charge in [0.1, 0.15) is 0 Å². The molecule has 0 N–H and O–H groups in total. The van der Waals surface area contributed by atoms with E-state index in [9.17, 15) is 14.4 Å². The molecule has 3 aliphatic carbocycles. The summed E-state index contributed by atoms with van der Waals surface area (Å²) >= 11 is 0. The largest absolute Gasteiger partial charge is 0.449 e. The Morgan fingerprint density at radius 3 is 2.00 bits per heavy atom. The number of rotatable bonds is 3. The highest BCUT2D eigenvalue weighted by atomic mass is 16.7. The van der Waals surface area contributed by atoms with Gasteiger partial charge in [-0.1, -0.05) is 19.9 Å². The number of hydrogen-bond acceptors (Lipinski definition) is 5. The maximum atomic E-state index is 11.2. The second-order valence-electron chi connectivity index (χ2n) is 11.0. The summed E-state index contributed by atoms with van der Waals surface area (Å²) in [4.78, 5) is 43.1. The van der Waals surface area contributed by atoms with E-state index in [1.165, 1.54) is 17.2 Å². The first kappa shape index (κ1) is 30.3. The Labute approximate surface area is 225 Å². The van der Waals surface area contributed by atoms with Crippen LogP contribution in [-0.4, -0.2) is 43.0 Å². The summed E-state index contributed by atoms with van der Waals surface area (Å²) in [5.74, 6) is -0.0222. The van der Waals surface area contributed by atoms with Gasteiger partial charge in [-0.25, -0.2) is 24.5 Å². The molecule has 0 bridgehead atoms. The fourth-order valence-corrected chi connectivity index (χ4v) is 4.83. The number of hydrogen-bond donors (Lipinski definition) is 0. The summed E-state index contributed by atoms with van der Waals surface area (Å²) in [5.41, 5.74) is 3.42. The van der Waals surface area contributed by atoms with E-state index in [0.29, 0.717) is 37.6 Å². The number of carbonyl (C=O) groups is 3. The minimum absolute atomic E-state index is 0.0614. The lowest BCUT2D eigenvalue weighted by molar-refractivity contribution is -0.204. The van der Waals surface area contributed by atoms with E-state index in [-0.39, 0.29) is 23.5 Å². The summed E-state index contributed by atoms with van der Waals surface area (Å²) in [6, 6.07) is 0. The summed E-state index contributed by atoms with van der Waals surface area (Å²) in [6.45, 7) is 28.5. The molecule has 200 valence electrons. The maximum Gasteiger partial charge on any atom is 0.337 e. The first-order chi connectivity index (χ1) is 17.9. The molecule has 0 saturated heterocycles. The van der Waals surface area contributed by atoms with Crippen LogP contribution in [0.3, 0.4) is 0 Å². The average molecular weight is 518 g/mol. The minimum Gasteiger partial charge on any atom is -0.449 e. The lowest BCUT2D eigenvalue weighted by Gasteiger charge is -2.28. The third-order valence-corrected chi connectivity index (χ3v) is 6.25. The first-order valence-electron chi connectivity index (χ1n) is 12.6. The number of cyclic esters (lactones) is 1. The van der Waals surface area contributed by atoms with E-state index in [1.54, 1.807) is 26.0 Å². The van der Waals surface area contributed by atoms with E-state index in [2.05, 4.69) is 34.5 Å². The molecule has 0 amide bonds. The molecule has 1 heterocycles. The second kappa shape index (κ2) is 13.5. The highest BCUT2D eigenvalue weighted by Gasteiger charge is 2.31. The van der Waals surface area contributed by atoms with Gasteiger partial charge in [-0.05, 0) is 54.7 Å². The molecule has 0 aromatic carbocycles. The molecule has 1 unspecified atom stereocenters. The standard InChI is InChI=1S/C12H13NO.C10H13NO.C8H9NO3/c1-13-8-9-2-3-10-4-5-12(14)7-11(10)6-9;1-10(2)5-8(7-11-3)4-9(12)6-10;1-8(2)11-6(5-9-3)4-7(10)12-8/h6-7,10H,2-5,8H2;4H,5-7H2,1-2H3;4H,5H2,1-2H3. The lowest BCUT2D eigenvalue weighted by Crippen LogP contribution is -2.34. The smallest absolute Gasteiger partial charge is 0.337 e. The fraction of sp³-hybridized carbons (Fsp3) is 0.533. The van der Waals surface area contributed by atoms with Crippen molar-refractivity contribution in [3.8, 4) is 0 Å². The quantitative estimate of drug-likeness (QED) is 0.346. The van der Waals surface area contributed by atoms with Crippen LogP contribution < -0.4 is 0 Å². The number of esters is 1. The van der Waals surface area contributed by atoms with E-state index in [0.717, 1.165) is 31.3 Å². The third kappa shape index (κ3) is 10.2. The van der Waals surface area contributed by atoms with Crippen molar-refractivity contribution in [3.05, 3.63) is 81.0 Å². The van der Waals surface area contributed by atoms with Gasteiger partial charge in [0.25, 0.3) is 6.54 Å². The highest BCUT2D eigenvalue weighted by Crippen LogP contribution is 2.35. The van der Waals surface area contributed by atoms with Crippen molar-refractivity contribution in [1.29, 1.82) is 0 Å². The van der Waals surface area contributed by atoms with E-state index >= 15 is 0 Å². The summed E-state index contributed by atoms with van der Waals surface area (Å²) in [7, 11) is 0. The van der Waals surface area contributed by atoms with Gasteiger partial charge in [-0.3, -0.25) is 9.59 Å². The Balaban J connectivity index is 0.000000201. The van der Waals surface area contributed by atoms with Crippen LogP contribution in [-0.2, 0) is 23.9 Å². The van der Waals surface area contributed by atoms with E-state index < -0.39 is 11.8 Å². The summed E-state index contributed by atoms with van der Waals surface area (Å²) in [5, 5.41) is 0. The van der Waals surface area contributed by atoms with Gasteiger partial charge in [0.2, 0.25) is 18.9 Å². The van der Waals surface area contributed by atoms with Crippen molar-refractivity contribution in [3.63, 3.8) is 0 Å². The molecule has 0 radical (unpaired) electrons. The maximum absolute atomic E-state index is 11.2. The minimum atomic E-state index is -0.939. The van der Waals surface area contributed by atoms with Gasteiger partial charge in [-0.2, -0.15) is 0 Å². The van der Waals surface area contributed by atoms with Crippen molar-refractivity contribution in [2.24, 2.45) is 11.3 Å². The highest BCUT2D eigenvalue weighted by molar-refractivity contribution is 5.92. The molecule has 4 aliphatic rings. The van der Waals surface area contributed by atoms with Crippen molar-refractivity contribution in [1.82, 2.24) is 0 Å². The van der Waals surface area contributed by atoms with E-state index in [4.69, 9.17) is 29.2 Å². The van der Waals surface area contributed by atoms with Gasteiger partial charge < -0.3 is 24.0 Å². The van der Waals surface area contributed by atoms with E-state index in [1.807, 2.05) is 0 Å². The molecular weight excluding hydrogens is 482 g/mol. The Morgan fingerprint density at radius 1 is 0.763 bits per heavy atom. The molecule has 4 rings (SSSR count). The molecule has 0 fully saturated rings. The summed E-state index contributed by atoms with van der Waals surface area (Å²) < 4.78 is 10.00. The lowest BCUT2D eigenvalue weighted by atomic mass is 9.77. The van der Waals surface area contributed by atoms with Crippen molar-refractivity contribution < 1.29 is 23.9 Å². The zero-order chi connectivity index (χ0) is 28.3. The number of ether oxygens (including phenoxy) is 2. The summed E-state index contributed by atoms with van der Waals surface area (Å²) in [6.07, 6.45) is 12.1. The van der Waals surface area contributed by atoms with Crippen LogP contribution in [0, 0.1) is 31.0 Å². The third-order valence-electron chi connectivity index (χ3n) is 6.25. The molecule has 8 nitrogen and oxygen atoms in total. The normalized spacial score (nSPS) is 22.7. The van der Waals surface area contributed by atoms with Gasteiger partial charge >= 0.3 is 5.97 Å². The Kier molecular flexibility index (Phi) is 10.8. The topological polar surface area (TPSA) is 82.8 Å². The fourth-order valence-electron chi connectivity index (χ4n) is 4.83. The molecule has 0 saturated carbocycles. The average Bonchev–Trinajstić information content (AvgIpc) is 2.78. The predicted octanol–water partition coefficient (Wildman–Crippen LogP) is 5.85. The molecule has 1 aliphatic heterocycles. The number of carbonyl (C=O) groups excluding carboxylic acids is 3. The molecule has 38 heavy (non-hydrogen) atoms. The van der Waals surface area contributed by atoms with Crippen LogP contribution in [0.15, 0.2) is 46.8 Å². The Morgan fingerprint density at radius 2 is 1.39 bits per heavy atom. The van der Waals surface area contributed by atoms with Crippen LogP contribution in [0.4, 0.5) is 0 Å². The monoisotopic (exact) mass is 517 g/mol. The molecule has 0 aromatic rings. The van der Waals surface area contributed by atoms with Crippen LogP contribution in [0.5, 0.6) is 0 Å². The van der Waals surface area contributed by atoms with Crippen LogP contribution in [0.1, 0.15) is 66.2 Å². The molecule has 8 heteroatoms. The zero-order valence-corrected chi connectivity index (χ0v) is 22.6. The van der Waals surface area contributed by atoms with Crippen LogP contribution in [0.2, 0.25) is 0 Å². The number of fused-ring (bicyclic) bond motifs is 1. The molecule has 1 atom stereocenters. The second-order valence-corrected chi connectivity index (χ2v) is 11.0. The Hall–Kier alpha value is -3.96. The van der Waals surface area contributed by atoms with Gasteiger partial charge in [-0.15, -0.1) is 0 Å².